The Morgan fingerprint density at radius 2 is 1.76 bits per heavy atom. The topological polar surface area (TPSA) is 105 Å². The molecule has 0 amide bonds. The van der Waals surface area contributed by atoms with Gasteiger partial charge in [-0.05, 0) is 45.6 Å². The van der Waals surface area contributed by atoms with Crippen molar-refractivity contribution in [3.8, 4) is 0 Å². The number of fused-ring (bicyclic) bond motifs is 1. The highest BCUT2D eigenvalue weighted by atomic mass is 16.7. The van der Waals surface area contributed by atoms with E-state index in [-0.39, 0.29) is 42.7 Å². The van der Waals surface area contributed by atoms with E-state index in [1.807, 2.05) is 26.8 Å². The summed E-state index contributed by atoms with van der Waals surface area (Å²) < 4.78 is 29.8. The van der Waals surface area contributed by atoms with Gasteiger partial charge in [-0.2, -0.15) is 0 Å². The monoisotopic (exact) mass is 470 g/mol. The molecule has 4 aliphatic heterocycles. The highest BCUT2D eigenvalue weighted by molar-refractivity contribution is 5.93. The molecule has 2 spiro atoms. The first kappa shape index (κ1) is 21.1. The first-order chi connectivity index (χ1) is 16.0. The third-order valence-corrected chi connectivity index (χ3v) is 10.7. The smallest absolute Gasteiger partial charge is 0.339 e. The van der Waals surface area contributed by atoms with Crippen LogP contribution in [0.1, 0.15) is 65.0 Å². The van der Waals surface area contributed by atoms with Crippen LogP contribution in [-0.2, 0) is 33.3 Å². The first-order valence-electron chi connectivity index (χ1n) is 12.3. The Balaban J connectivity index is 1.41. The molecule has 5 heterocycles. The number of carbonyl (C=O) groups excluding carboxylic acids is 3. The fourth-order valence-electron chi connectivity index (χ4n) is 9.34. The molecule has 1 aromatic rings. The maximum absolute atomic E-state index is 14.2. The van der Waals surface area contributed by atoms with E-state index in [4.69, 9.17) is 23.4 Å². The van der Waals surface area contributed by atoms with Crippen molar-refractivity contribution in [3.63, 3.8) is 0 Å². The number of cyclic esters (lactones) is 2. The van der Waals surface area contributed by atoms with Crippen LogP contribution in [0.5, 0.6) is 0 Å². The molecule has 4 saturated heterocycles. The van der Waals surface area contributed by atoms with Gasteiger partial charge in [0.1, 0.15) is 24.1 Å². The van der Waals surface area contributed by atoms with Gasteiger partial charge in [0.05, 0.1) is 36.1 Å². The number of hydrogen-bond donors (Lipinski definition) is 0. The molecule has 8 nitrogen and oxygen atoms in total. The van der Waals surface area contributed by atoms with Crippen LogP contribution in [0.15, 0.2) is 23.0 Å². The Labute approximate surface area is 197 Å². The molecule has 6 aliphatic rings. The van der Waals surface area contributed by atoms with Gasteiger partial charge in [0.15, 0.2) is 6.10 Å². The third kappa shape index (κ3) is 2.02. The Morgan fingerprint density at radius 1 is 0.971 bits per heavy atom. The van der Waals surface area contributed by atoms with Gasteiger partial charge >= 0.3 is 11.9 Å². The van der Waals surface area contributed by atoms with Crippen molar-refractivity contribution in [1.82, 2.24) is 0 Å². The summed E-state index contributed by atoms with van der Waals surface area (Å²) in [5, 5.41) is 0. The standard InChI is InChI=1S/C26H30O8/c1-22(2)15-9-16(27)24(4)14(25(15)12-31-18(28)10-17(25)33-22)5-7-23(3)19(13-6-8-30-11-13)32-21(29)20-26(23,24)34-20/h6,8,11,14-15,17,19-20H,5,7,9-10,12H2,1-4H3/t14-,15-,17+,19-,20-,23+,24+,25-,26-/m1/s1. The minimum Gasteiger partial charge on any atom is -0.472 e. The maximum Gasteiger partial charge on any atom is 0.339 e. The number of ether oxygens (including phenoxy) is 4. The molecule has 6 fully saturated rings. The zero-order chi connectivity index (χ0) is 23.9. The highest BCUT2D eigenvalue weighted by Gasteiger charge is 2.89. The lowest BCUT2D eigenvalue weighted by Crippen LogP contribution is -2.72. The Bertz CT molecular complexity index is 1120. The summed E-state index contributed by atoms with van der Waals surface area (Å²) >= 11 is 0. The fraction of sp³-hybridized carbons (Fsp3) is 0.731. The van der Waals surface area contributed by atoms with Crippen molar-refractivity contribution in [2.24, 2.45) is 28.1 Å². The van der Waals surface area contributed by atoms with Gasteiger partial charge in [-0.1, -0.05) is 6.92 Å². The number of furan rings is 1. The average Bonchev–Trinajstić information content (AvgIpc) is 3.26. The molecule has 182 valence electrons. The largest absolute Gasteiger partial charge is 0.472 e. The van der Waals surface area contributed by atoms with Crippen LogP contribution in [-0.4, -0.2) is 47.7 Å². The summed E-state index contributed by atoms with van der Waals surface area (Å²) in [6.07, 6.45) is 3.46. The summed E-state index contributed by atoms with van der Waals surface area (Å²) in [6, 6.07) is 1.81. The van der Waals surface area contributed by atoms with Crippen molar-refractivity contribution in [1.29, 1.82) is 0 Å². The van der Waals surface area contributed by atoms with E-state index in [2.05, 4.69) is 6.92 Å². The predicted octanol–water partition coefficient (Wildman–Crippen LogP) is 3.14. The van der Waals surface area contributed by atoms with Crippen LogP contribution in [0, 0.1) is 28.1 Å². The second-order valence-electron chi connectivity index (χ2n) is 12.2. The quantitative estimate of drug-likeness (QED) is 0.455. The molecule has 1 aromatic heterocycles. The number of esters is 2. The summed E-state index contributed by atoms with van der Waals surface area (Å²) in [4.78, 5) is 39.7. The summed E-state index contributed by atoms with van der Waals surface area (Å²) in [6.45, 7) is 8.36. The predicted molar refractivity (Wildman–Crippen MR) is 114 cm³/mol. The summed E-state index contributed by atoms with van der Waals surface area (Å²) in [7, 11) is 0. The van der Waals surface area contributed by atoms with E-state index in [9.17, 15) is 14.4 Å². The highest BCUT2D eigenvalue weighted by Crippen LogP contribution is 2.79. The average molecular weight is 471 g/mol. The molecule has 7 rings (SSSR count). The number of ketones is 1. The van der Waals surface area contributed by atoms with E-state index in [1.165, 1.54) is 0 Å². The minimum absolute atomic E-state index is 0.0677. The Hall–Kier alpha value is -2.19. The number of epoxide rings is 1. The molecule has 0 aromatic carbocycles. The van der Waals surface area contributed by atoms with Crippen LogP contribution in [0.25, 0.3) is 0 Å². The second-order valence-corrected chi connectivity index (χ2v) is 12.2. The zero-order valence-electron chi connectivity index (χ0n) is 19.9. The maximum atomic E-state index is 14.2. The van der Waals surface area contributed by atoms with Gasteiger partial charge < -0.3 is 23.4 Å². The summed E-state index contributed by atoms with van der Waals surface area (Å²) in [5.74, 6) is -0.780. The van der Waals surface area contributed by atoms with Gasteiger partial charge in [0, 0.05) is 28.7 Å². The van der Waals surface area contributed by atoms with Gasteiger partial charge in [0.25, 0.3) is 0 Å². The van der Waals surface area contributed by atoms with E-state index in [1.54, 1.807) is 12.5 Å². The van der Waals surface area contributed by atoms with Gasteiger partial charge in [-0.25, -0.2) is 4.79 Å². The molecule has 2 aliphatic carbocycles. The lowest BCUT2D eigenvalue weighted by Gasteiger charge is -2.65. The van der Waals surface area contributed by atoms with Crippen molar-refractivity contribution >= 4 is 17.7 Å². The van der Waals surface area contributed by atoms with Crippen molar-refractivity contribution in [2.75, 3.05) is 6.61 Å². The molecular weight excluding hydrogens is 440 g/mol. The first-order valence-corrected chi connectivity index (χ1v) is 12.3. The molecule has 34 heavy (non-hydrogen) atoms. The van der Waals surface area contributed by atoms with Crippen molar-refractivity contribution < 1.29 is 37.7 Å². The number of carbonyl (C=O) groups is 3. The lowest BCUT2D eigenvalue weighted by molar-refractivity contribution is -0.225. The molecule has 2 saturated carbocycles. The molecule has 0 N–H and O–H groups in total. The lowest BCUT2D eigenvalue weighted by atomic mass is 9.37. The van der Waals surface area contributed by atoms with E-state index >= 15 is 0 Å². The number of Topliss-reactive ketones (excluding diaryl/α,β-unsaturated/α-hetero) is 1. The second kappa shape index (κ2) is 5.95. The van der Waals surface area contributed by atoms with Crippen molar-refractivity contribution in [3.05, 3.63) is 24.2 Å². The van der Waals surface area contributed by atoms with Crippen LogP contribution in [0.4, 0.5) is 0 Å². The van der Waals surface area contributed by atoms with Crippen LogP contribution < -0.4 is 0 Å². The fourth-order valence-corrected chi connectivity index (χ4v) is 9.34. The summed E-state index contributed by atoms with van der Waals surface area (Å²) in [5.41, 5.74) is -2.78. The number of rotatable bonds is 1. The number of hydrogen-bond acceptors (Lipinski definition) is 8. The van der Waals surface area contributed by atoms with Crippen LogP contribution in [0.3, 0.4) is 0 Å². The van der Waals surface area contributed by atoms with Crippen LogP contribution in [0.2, 0.25) is 0 Å². The molecule has 8 heteroatoms. The molecular formula is C26H30O8. The van der Waals surface area contributed by atoms with Gasteiger partial charge in [-0.15, -0.1) is 0 Å². The molecule has 9 atom stereocenters. The van der Waals surface area contributed by atoms with E-state index in [0.29, 0.717) is 12.8 Å². The SMILES string of the molecule is CC1(C)O[C@H]2CC(=O)OC[C@@]23[C@@H]1CC(=O)[C@]1(C)[C@H]3CC[C@@]2(C)[C@@H](c3ccoc3)OC(=O)[C@H]3O[C@]321. The van der Waals surface area contributed by atoms with E-state index < -0.39 is 45.6 Å². The normalized spacial score (nSPS) is 52.4. The van der Waals surface area contributed by atoms with Gasteiger partial charge in [0.2, 0.25) is 0 Å². The zero-order valence-corrected chi connectivity index (χ0v) is 19.9. The third-order valence-electron chi connectivity index (χ3n) is 10.7. The molecule has 0 radical (unpaired) electrons. The Morgan fingerprint density at radius 3 is 2.50 bits per heavy atom. The van der Waals surface area contributed by atoms with E-state index in [0.717, 1.165) is 12.0 Å². The molecule has 0 bridgehead atoms. The Kier molecular flexibility index (Phi) is 3.70. The molecule has 0 unspecified atom stereocenters. The minimum atomic E-state index is -0.976. The van der Waals surface area contributed by atoms with Crippen molar-refractivity contribution in [2.45, 2.75) is 82.9 Å². The van der Waals surface area contributed by atoms with Gasteiger partial charge in [-0.3, -0.25) is 9.59 Å². The van der Waals surface area contributed by atoms with Crippen LogP contribution >= 0.6 is 0 Å².